The second-order valence-corrected chi connectivity index (χ2v) is 9.11. The van der Waals surface area contributed by atoms with Crippen LogP contribution in [0.4, 0.5) is 0 Å². The lowest BCUT2D eigenvalue weighted by molar-refractivity contribution is 0.0953. The van der Waals surface area contributed by atoms with E-state index in [1.807, 2.05) is 18.5 Å². The van der Waals surface area contributed by atoms with Crippen LogP contribution in [0.25, 0.3) is 33.1 Å². The number of aromatic nitrogens is 3. The van der Waals surface area contributed by atoms with Gasteiger partial charge in [-0.1, -0.05) is 30.7 Å². The number of likely N-dealkylation sites (tertiary alicyclic amines) is 1. The quantitative estimate of drug-likeness (QED) is 0.373. The van der Waals surface area contributed by atoms with E-state index in [1.54, 1.807) is 0 Å². The Balaban J connectivity index is 1.44. The Morgan fingerprint density at radius 1 is 0.966 bits per heavy atom. The fourth-order valence-corrected chi connectivity index (χ4v) is 4.94. The molecule has 0 unspecified atom stereocenters. The highest BCUT2D eigenvalue weighted by atomic mass is 79.9. The number of nitrogens with one attached hydrogen (secondary N) is 1. The van der Waals surface area contributed by atoms with Gasteiger partial charge < -0.3 is 4.98 Å². The maximum absolute atomic E-state index is 4.65. The van der Waals surface area contributed by atoms with E-state index in [-0.39, 0.29) is 0 Å². The number of hydrogen-bond acceptors (Lipinski definition) is 3. The number of piperidine rings is 1. The number of fused-ring (bicyclic) bond motifs is 3. The first-order valence-corrected chi connectivity index (χ1v) is 11.2. The van der Waals surface area contributed by atoms with E-state index in [0.717, 1.165) is 38.6 Å². The average molecular weight is 449 g/mol. The highest BCUT2D eigenvalue weighted by molar-refractivity contribution is 9.10. The zero-order valence-corrected chi connectivity index (χ0v) is 18.4. The van der Waals surface area contributed by atoms with E-state index >= 15 is 0 Å². The molecule has 4 heterocycles. The molecule has 1 aliphatic rings. The van der Waals surface area contributed by atoms with Crippen LogP contribution >= 0.6 is 15.9 Å². The molecule has 1 N–H and O–H groups in total. The molecule has 0 aliphatic carbocycles. The molecular formula is C24H25BrN4. The van der Waals surface area contributed by atoms with Gasteiger partial charge in [0, 0.05) is 41.2 Å². The van der Waals surface area contributed by atoms with Crippen molar-refractivity contribution in [3.05, 3.63) is 59.0 Å². The summed E-state index contributed by atoms with van der Waals surface area (Å²) >= 11 is 3.47. The lowest BCUT2D eigenvalue weighted by Crippen LogP contribution is -2.42. The van der Waals surface area contributed by atoms with Crippen molar-refractivity contribution in [2.24, 2.45) is 0 Å². The number of benzene rings is 1. The van der Waals surface area contributed by atoms with Gasteiger partial charge in [-0.05, 0) is 65.9 Å². The molecule has 1 fully saturated rings. The van der Waals surface area contributed by atoms with Crippen molar-refractivity contribution in [2.75, 3.05) is 0 Å². The molecule has 2 atom stereocenters. The minimum atomic E-state index is 0.667. The van der Waals surface area contributed by atoms with Crippen LogP contribution in [-0.2, 0) is 6.54 Å². The van der Waals surface area contributed by atoms with Crippen molar-refractivity contribution >= 4 is 37.9 Å². The highest BCUT2D eigenvalue weighted by Crippen LogP contribution is 2.30. The molecule has 1 aliphatic heterocycles. The number of hydrogen-bond donors (Lipinski definition) is 1. The SMILES string of the molecule is C[C@@H]1CCC[C@H](C)N1Cc1ccc(-c2cnc3[nH]c4cnc(Br)cc4c3c2)cc1. The van der Waals surface area contributed by atoms with Crippen molar-refractivity contribution in [2.45, 2.75) is 51.7 Å². The maximum atomic E-state index is 4.65. The van der Waals surface area contributed by atoms with Crippen LogP contribution in [0.1, 0.15) is 38.7 Å². The molecule has 0 spiro atoms. The fourth-order valence-electron chi connectivity index (χ4n) is 4.61. The molecule has 0 bridgehead atoms. The summed E-state index contributed by atoms with van der Waals surface area (Å²) in [7, 11) is 0. The normalized spacial score (nSPS) is 20.5. The Kier molecular flexibility index (Phi) is 4.88. The third-order valence-corrected chi connectivity index (χ3v) is 6.76. The lowest BCUT2D eigenvalue weighted by atomic mass is 9.96. The average Bonchev–Trinajstić information content (AvgIpc) is 3.08. The van der Waals surface area contributed by atoms with Crippen LogP contribution < -0.4 is 0 Å². The highest BCUT2D eigenvalue weighted by Gasteiger charge is 2.24. The van der Waals surface area contributed by atoms with Crippen LogP contribution in [0.5, 0.6) is 0 Å². The zero-order valence-electron chi connectivity index (χ0n) is 16.8. The molecule has 5 heteroatoms. The first kappa shape index (κ1) is 18.8. The van der Waals surface area contributed by atoms with Crippen molar-refractivity contribution in [3.8, 4) is 11.1 Å². The molecule has 0 saturated carbocycles. The summed E-state index contributed by atoms with van der Waals surface area (Å²) in [6.07, 6.45) is 7.77. The van der Waals surface area contributed by atoms with Gasteiger partial charge in [-0.25, -0.2) is 9.97 Å². The predicted molar refractivity (Wildman–Crippen MR) is 123 cm³/mol. The number of nitrogens with zero attached hydrogens (tertiary/aromatic N) is 3. The molecule has 1 aromatic carbocycles. The molecule has 5 rings (SSSR count). The van der Waals surface area contributed by atoms with E-state index < -0.39 is 0 Å². The van der Waals surface area contributed by atoms with E-state index in [9.17, 15) is 0 Å². The topological polar surface area (TPSA) is 44.8 Å². The van der Waals surface area contributed by atoms with Crippen molar-refractivity contribution < 1.29 is 0 Å². The van der Waals surface area contributed by atoms with Crippen LogP contribution in [0.3, 0.4) is 0 Å². The van der Waals surface area contributed by atoms with Gasteiger partial charge in [0.15, 0.2) is 0 Å². The lowest BCUT2D eigenvalue weighted by Gasteiger charge is -2.39. The second kappa shape index (κ2) is 7.54. The summed E-state index contributed by atoms with van der Waals surface area (Å²) < 4.78 is 0.835. The van der Waals surface area contributed by atoms with Crippen LogP contribution in [-0.4, -0.2) is 31.9 Å². The summed E-state index contributed by atoms with van der Waals surface area (Å²) in [5.41, 5.74) is 5.62. The summed E-state index contributed by atoms with van der Waals surface area (Å²) in [6, 6.07) is 14.6. The maximum Gasteiger partial charge on any atom is 0.138 e. The molecular weight excluding hydrogens is 424 g/mol. The van der Waals surface area contributed by atoms with Gasteiger partial charge in [0.2, 0.25) is 0 Å². The Labute approximate surface area is 179 Å². The monoisotopic (exact) mass is 448 g/mol. The number of pyridine rings is 2. The number of rotatable bonds is 3. The smallest absolute Gasteiger partial charge is 0.138 e. The molecule has 0 radical (unpaired) electrons. The zero-order chi connectivity index (χ0) is 20.0. The summed E-state index contributed by atoms with van der Waals surface area (Å²) in [5.74, 6) is 0. The molecule has 148 valence electrons. The van der Waals surface area contributed by atoms with E-state index in [4.69, 9.17) is 0 Å². The molecule has 0 amide bonds. The van der Waals surface area contributed by atoms with Crippen LogP contribution in [0.2, 0.25) is 0 Å². The Morgan fingerprint density at radius 2 is 1.72 bits per heavy atom. The number of H-pyrrole nitrogens is 1. The van der Waals surface area contributed by atoms with Crippen molar-refractivity contribution in [1.29, 1.82) is 0 Å². The minimum absolute atomic E-state index is 0.667. The first-order chi connectivity index (χ1) is 14.1. The van der Waals surface area contributed by atoms with E-state index in [0.29, 0.717) is 12.1 Å². The minimum Gasteiger partial charge on any atom is -0.338 e. The molecule has 1 saturated heterocycles. The number of halogens is 1. The van der Waals surface area contributed by atoms with Gasteiger partial charge in [-0.2, -0.15) is 0 Å². The van der Waals surface area contributed by atoms with Gasteiger partial charge in [0.25, 0.3) is 0 Å². The largest absolute Gasteiger partial charge is 0.338 e. The van der Waals surface area contributed by atoms with Gasteiger partial charge in [0.1, 0.15) is 10.3 Å². The Hall–Kier alpha value is -2.24. The Morgan fingerprint density at radius 3 is 2.48 bits per heavy atom. The summed E-state index contributed by atoms with van der Waals surface area (Å²) in [6.45, 7) is 5.75. The van der Waals surface area contributed by atoms with Crippen LogP contribution in [0, 0.1) is 0 Å². The first-order valence-electron chi connectivity index (χ1n) is 10.4. The third-order valence-electron chi connectivity index (χ3n) is 6.33. The van der Waals surface area contributed by atoms with E-state index in [2.05, 4.69) is 80.0 Å². The van der Waals surface area contributed by atoms with Gasteiger partial charge in [-0.3, -0.25) is 4.90 Å². The van der Waals surface area contributed by atoms with Crippen molar-refractivity contribution in [3.63, 3.8) is 0 Å². The molecule has 3 aromatic heterocycles. The predicted octanol–water partition coefficient (Wildman–Crippen LogP) is 6.30. The summed E-state index contributed by atoms with van der Waals surface area (Å²) in [4.78, 5) is 14.9. The standard InChI is InChI=1S/C24H25BrN4/c1-15-4-3-5-16(2)29(15)14-17-6-8-18(9-7-17)19-10-21-20-11-23(25)26-13-22(20)28-24(21)27-12-19/h6-13,15-16H,3-5,14H2,1-2H3,(H,27,28)/t15-,16+. The third kappa shape index (κ3) is 3.58. The summed E-state index contributed by atoms with van der Waals surface area (Å²) in [5, 5.41) is 2.27. The van der Waals surface area contributed by atoms with Gasteiger partial charge in [-0.15, -0.1) is 0 Å². The molecule has 4 aromatic rings. The van der Waals surface area contributed by atoms with Gasteiger partial charge in [0.05, 0.1) is 11.7 Å². The Bertz CT molecular complexity index is 1150. The van der Waals surface area contributed by atoms with Crippen molar-refractivity contribution in [1.82, 2.24) is 19.9 Å². The number of aromatic amines is 1. The van der Waals surface area contributed by atoms with Gasteiger partial charge >= 0.3 is 0 Å². The molecule has 4 nitrogen and oxygen atoms in total. The van der Waals surface area contributed by atoms with E-state index in [1.165, 1.54) is 30.4 Å². The fraction of sp³-hybridized carbons (Fsp3) is 0.333. The second-order valence-electron chi connectivity index (χ2n) is 8.30. The molecule has 29 heavy (non-hydrogen) atoms. The van der Waals surface area contributed by atoms with Crippen LogP contribution in [0.15, 0.2) is 53.4 Å².